The molecule has 0 unspecified atom stereocenters. The van der Waals surface area contributed by atoms with Gasteiger partial charge in [0.15, 0.2) is 6.29 Å². The summed E-state index contributed by atoms with van der Waals surface area (Å²) in [5.41, 5.74) is 2.76. The first-order valence-corrected chi connectivity index (χ1v) is 20.2. The van der Waals surface area contributed by atoms with Crippen molar-refractivity contribution < 1.29 is 32.5 Å². The van der Waals surface area contributed by atoms with Gasteiger partial charge in [-0.15, -0.1) is 0 Å². The van der Waals surface area contributed by atoms with Gasteiger partial charge in [0.2, 0.25) is 10.0 Å². The van der Waals surface area contributed by atoms with Crippen molar-refractivity contribution in [2.75, 3.05) is 51.9 Å². The van der Waals surface area contributed by atoms with Gasteiger partial charge >= 0.3 is 0 Å². The fraction of sp³-hybridized carbons (Fsp3) is 0.658. The minimum Gasteiger partial charge on any atom is -0.487 e. The highest BCUT2D eigenvalue weighted by Crippen LogP contribution is 2.47. The van der Waals surface area contributed by atoms with Crippen LogP contribution in [0.2, 0.25) is 5.02 Å². The average Bonchev–Trinajstić information content (AvgIpc) is 3.11. The van der Waals surface area contributed by atoms with Crippen LogP contribution in [0.4, 0.5) is 5.69 Å². The number of ether oxygens (including phenoxy) is 3. The molecule has 10 nitrogen and oxygen atoms in total. The Bertz CT molecular complexity index is 1610. The Balaban J connectivity index is 1.34. The first-order chi connectivity index (χ1) is 23.9. The lowest BCUT2D eigenvalue weighted by Crippen LogP contribution is -2.60. The number of anilines is 1. The smallest absolute Gasteiger partial charge is 0.264 e. The summed E-state index contributed by atoms with van der Waals surface area (Å²) in [5.74, 6) is 0.727. The van der Waals surface area contributed by atoms with Crippen LogP contribution in [0.1, 0.15) is 80.3 Å². The summed E-state index contributed by atoms with van der Waals surface area (Å²) in [6.07, 6.45) is 6.88. The Labute approximate surface area is 302 Å². The molecule has 1 saturated heterocycles. The van der Waals surface area contributed by atoms with E-state index in [2.05, 4.69) is 9.62 Å². The van der Waals surface area contributed by atoms with Crippen LogP contribution in [-0.4, -0.2) is 88.4 Å². The number of carbonyl (C=O) groups excluding carboxylic acids is 1. The second kappa shape index (κ2) is 15.7. The largest absolute Gasteiger partial charge is 0.487 e. The van der Waals surface area contributed by atoms with Crippen LogP contribution in [0.15, 0.2) is 36.4 Å². The summed E-state index contributed by atoms with van der Waals surface area (Å²) in [6.45, 7) is 6.23. The number of benzene rings is 2. The van der Waals surface area contributed by atoms with Crippen molar-refractivity contribution in [1.29, 1.82) is 0 Å². The van der Waals surface area contributed by atoms with E-state index in [0.29, 0.717) is 48.8 Å². The number of fused-ring (bicyclic) bond motifs is 3. The molecule has 2 aromatic carbocycles. The number of rotatable bonds is 3. The van der Waals surface area contributed by atoms with Gasteiger partial charge in [-0.25, -0.2) is 13.1 Å². The van der Waals surface area contributed by atoms with E-state index in [1.165, 1.54) is 5.56 Å². The second-order valence-corrected chi connectivity index (χ2v) is 17.8. The molecule has 0 radical (unpaired) electrons. The lowest BCUT2D eigenvalue weighted by Gasteiger charge is -2.50. The number of amides is 1. The summed E-state index contributed by atoms with van der Waals surface area (Å²) < 4.78 is 48.8. The summed E-state index contributed by atoms with van der Waals surface area (Å²) in [6, 6.07) is 11.2. The predicted octanol–water partition coefficient (Wildman–Crippen LogP) is 5.64. The summed E-state index contributed by atoms with van der Waals surface area (Å²) in [4.78, 5) is 17.9. The quantitative estimate of drug-likeness (QED) is 0.414. The number of hydrogen-bond acceptors (Lipinski definition) is 9. The first kappa shape index (κ1) is 37.4. The maximum Gasteiger partial charge on any atom is 0.264 e. The van der Waals surface area contributed by atoms with Gasteiger partial charge in [-0.05, 0) is 125 Å². The fourth-order valence-electron chi connectivity index (χ4n) is 8.10. The highest BCUT2D eigenvalue weighted by atomic mass is 35.5. The summed E-state index contributed by atoms with van der Waals surface area (Å²) in [5, 5.41) is 10.2. The molecule has 12 heteroatoms. The molecule has 0 aromatic heterocycles. The SMILES string of the molecule is C[C@@H]1[C@@H](C)CCC[C@@H]([C@H]2OC[C@](CO)(N(C)C)CO2)[C@@H]2CC[C@H]2CN2CCCCc3cc(Cl)ccc3COc3ccc(cc32)C(=O)NS1(=O)=O. The second-order valence-electron chi connectivity index (χ2n) is 15.3. The van der Waals surface area contributed by atoms with Crippen LogP contribution in [0, 0.1) is 23.7 Å². The molecule has 50 heavy (non-hydrogen) atoms. The number of halogens is 1. The molecule has 5 atom stereocenters. The van der Waals surface area contributed by atoms with E-state index < -0.39 is 33.0 Å². The Morgan fingerprint density at radius 3 is 2.46 bits per heavy atom. The Morgan fingerprint density at radius 1 is 0.980 bits per heavy atom. The van der Waals surface area contributed by atoms with Gasteiger partial charge in [0.05, 0.1) is 36.3 Å². The number of nitrogens with zero attached hydrogens (tertiary/aromatic N) is 2. The lowest BCUT2D eigenvalue weighted by molar-refractivity contribution is -0.267. The first-order valence-electron chi connectivity index (χ1n) is 18.3. The number of nitrogens with one attached hydrogen (secondary N) is 1. The molecule has 2 aromatic rings. The molecule has 1 amide bonds. The highest BCUT2D eigenvalue weighted by Gasteiger charge is 2.46. The van der Waals surface area contributed by atoms with Gasteiger partial charge < -0.3 is 24.2 Å². The zero-order valence-electron chi connectivity index (χ0n) is 29.9. The number of hydrogen-bond donors (Lipinski definition) is 2. The van der Waals surface area contributed by atoms with Gasteiger partial charge in [0, 0.05) is 29.6 Å². The third-order valence-corrected chi connectivity index (χ3v) is 14.2. The van der Waals surface area contributed by atoms with Crippen molar-refractivity contribution in [3.63, 3.8) is 0 Å². The minimum atomic E-state index is -3.94. The molecule has 276 valence electrons. The molecule has 2 N–H and O–H groups in total. The molecule has 3 heterocycles. The maximum absolute atomic E-state index is 13.5. The molecular weight excluding hydrogens is 678 g/mol. The molecule has 6 rings (SSSR count). The van der Waals surface area contributed by atoms with Gasteiger partial charge in [-0.2, -0.15) is 0 Å². The molecule has 2 fully saturated rings. The highest BCUT2D eigenvalue weighted by molar-refractivity contribution is 7.90. The van der Waals surface area contributed by atoms with E-state index in [1.54, 1.807) is 25.1 Å². The molecule has 4 aliphatic rings. The van der Waals surface area contributed by atoms with Crippen molar-refractivity contribution in [1.82, 2.24) is 9.62 Å². The van der Waals surface area contributed by atoms with E-state index >= 15 is 0 Å². The van der Waals surface area contributed by atoms with Crippen LogP contribution < -0.4 is 14.4 Å². The van der Waals surface area contributed by atoms with Gasteiger partial charge in [-0.3, -0.25) is 9.69 Å². The number of aliphatic hydroxyl groups excluding tert-OH is 1. The zero-order valence-corrected chi connectivity index (χ0v) is 31.5. The van der Waals surface area contributed by atoms with Crippen molar-refractivity contribution in [2.24, 2.45) is 23.7 Å². The molecular formula is C38H54ClN3O7S. The topological polar surface area (TPSA) is 118 Å². The van der Waals surface area contributed by atoms with Crippen molar-refractivity contribution in [2.45, 2.75) is 88.9 Å². The lowest BCUT2D eigenvalue weighted by atomic mass is 9.65. The van der Waals surface area contributed by atoms with Gasteiger partial charge in [0.1, 0.15) is 12.4 Å². The van der Waals surface area contributed by atoms with E-state index in [-0.39, 0.29) is 24.0 Å². The van der Waals surface area contributed by atoms with Gasteiger partial charge in [-0.1, -0.05) is 31.0 Å². The number of carbonyl (C=O) groups is 1. The standard InChI is InChI=1S/C38H54ClN3O7S/c1-25-8-7-10-33(37-48-23-38(22-43,24-49-37)41(3)4)32-15-12-29(32)20-42-17-6-5-9-27-18-31(39)14-11-30(27)21-47-35-16-13-28(19-34(35)42)36(44)40-50(45,46)26(25)2/h11,13-14,16,18-19,25-26,29,32-33,37,43H,5-10,12,15,17,20-24H2,1-4H3,(H,40,44)/t25-,26+,29-,32+,33+,37-,38-/m0/s1. The summed E-state index contributed by atoms with van der Waals surface area (Å²) >= 11 is 6.38. The minimum absolute atomic E-state index is 0.0552. The normalized spacial score (nSPS) is 32.4. The average molecular weight is 732 g/mol. The van der Waals surface area contributed by atoms with Crippen LogP contribution >= 0.6 is 11.6 Å². The maximum atomic E-state index is 13.5. The Kier molecular flexibility index (Phi) is 11.7. The van der Waals surface area contributed by atoms with Crippen LogP contribution in [0.3, 0.4) is 0 Å². The Hall–Kier alpha value is -2.41. The fourth-order valence-corrected chi connectivity index (χ4v) is 9.60. The van der Waals surface area contributed by atoms with E-state index in [0.717, 1.165) is 69.3 Å². The van der Waals surface area contributed by atoms with Crippen LogP contribution in [0.25, 0.3) is 0 Å². The van der Waals surface area contributed by atoms with Crippen molar-refractivity contribution in [3.8, 4) is 5.75 Å². The molecule has 1 aliphatic carbocycles. The van der Waals surface area contributed by atoms with E-state index in [1.807, 2.05) is 44.1 Å². The zero-order chi connectivity index (χ0) is 35.6. The molecule has 0 spiro atoms. The van der Waals surface area contributed by atoms with Crippen molar-refractivity contribution in [3.05, 3.63) is 58.1 Å². The Morgan fingerprint density at radius 2 is 1.76 bits per heavy atom. The van der Waals surface area contributed by atoms with Crippen LogP contribution in [0.5, 0.6) is 5.75 Å². The third-order valence-electron chi connectivity index (χ3n) is 12.1. The number of likely N-dealkylation sites (N-methyl/N-ethyl adjacent to an activating group) is 1. The van der Waals surface area contributed by atoms with Crippen molar-refractivity contribution >= 4 is 33.2 Å². The third kappa shape index (κ3) is 7.98. The molecule has 2 bridgehead atoms. The van der Waals surface area contributed by atoms with Crippen LogP contribution in [-0.2, 0) is 32.5 Å². The molecule has 3 aliphatic heterocycles. The number of aliphatic hydroxyl groups is 1. The van der Waals surface area contributed by atoms with Gasteiger partial charge in [0.25, 0.3) is 5.91 Å². The monoisotopic (exact) mass is 731 g/mol. The molecule has 1 saturated carbocycles. The van der Waals surface area contributed by atoms with E-state index in [4.69, 9.17) is 25.8 Å². The predicted molar refractivity (Wildman–Crippen MR) is 195 cm³/mol. The number of aryl methyl sites for hydroxylation is 1. The summed E-state index contributed by atoms with van der Waals surface area (Å²) in [7, 11) is -0.0603. The van der Waals surface area contributed by atoms with E-state index in [9.17, 15) is 18.3 Å². The number of sulfonamides is 1.